The fraction of sp³-hybridized carbons (Fsp3) is 0.250. The van der Waals surface area contributed by atoms with Crippen molar-refractivity contribution in [1.29, 1.82) is 0 Å². The predicted octanol–water partition coefficient (Wildman–Crippen LogP) is 2.63. The Hall–Kier alpha value is -1.98. The van der Waals surface area contributed by atoms with Crippen molar-refractivity contribution in [3.63, 3.8) is 0 Å². The van der Waals surface area contributed by atoms with Gasteiger partial charge in [-0.1, -0.05) is 12.1 Å². The van der Waals surface area contributed by atoms with Crippen molar-refractivity contribution < 1.29 is 0 Å². The van der Waals surface area contributed by atoms with Gasteiger partial charge in [-0.15, -0.1) is 11.3 Å². The summed E-state index contributed by atoms with van der Waals surface area (Å²) in [6, 6.07) is 10.1. The van der Waals surface area contributed by atoms with Crippen LogP contribution in [0.2, 0.25) is 0 Å². The molecular formula is C16H17N3OS. The number of H-pyrrole nitrogens is 1. The Bertz CT molecular complexity index is 793. The monoisotopic (exact) mass is 299 g/mol. The van der Waals surface area contributed by atoms with Crippen molar-refractivity contribution in [3.8, 4) is 0 Å². The normalized spacial score (nSPS) is 11.1. The zero-order valence-electron chi connectivity index (χ0n) is 11.8. The summed E-state index contributed by atoms with van der Waals surface area (Å²) in [5, 5.41) is 6.16. The van der Waals surface area contributed by atoms with Gasteiger partial charge in [0.05, 0.1) is 10.9 Å². The van der Waals surface area contributed by atoms with Crippen LogP contribution in [0.5, 0.6) is 0 Å². The van der Waals surface area contributed by atoms with E-state index in [4.69, 9.17) is 0 Å². The van der Waals surface area contributed by atoms with Gasteiger partial charge < -0.3 is 10.3 Å². The van der Waals surface area contributed by atoms with Gasteiger partial charge in [0.1, 0.15) is 5.82 Å². The number of aromatic nitrogens is 2. The molecule has 5 heteroatoms. The smallest absolute Gasteiger partial charge is 0.258 e. The molecule has 3 rings (SSSR count). The number of thiophene rings is 1. The average Bonchev–Trinajstić information content (AvgIpc) is 2.97. The first kappa shape index (κ1) is 14.0. The molecule has 2 heterocycles. The lowest BCUT2D eigenvalue weighted by atomic mass is 10.1. The van der Waals surface area contributed by atoms with Crippen LogP contribution < -0.4 is 10.9 Å². The van der Waals surface area contributed by atoms with Crippen LogP contribution in [0.15, 0.2) is 40.5 Å². The van der Waals surface area contributed by atoms with Crippen molar-refractivity contribution >= 4 is 22.2 Å². The van der Waals surface area contributed by atoms with E-state index in [1.807, 2.05) is 18.2 Å². The molecule has 0 amide bonds. The summed E-state index contributed by atoms with van der Waals surface area (Å²) in [6.07, 6.45) is 1.03. The Balaban J connectivity index is 1.66. The average molecular weight is 299 g/mol. The maximum absolute atomic E-state index is 11.9. The first-order chi connectivity index (χ1) is 10.2. The quantitative estimate of drug-likeness (QED) is 0.712. The summed E-state index contributed by atoms with van der Waals surface area (Å²) >= 11 is 1.78. The van der Waals surface area contributed by atoms with Crippen molar-refractivity contribution in [2.45, 2.75) is 19.9 Å². The van der Waals surface area contributed by atoms with E-state index >= 15 is 0 Å². The molecule has 0 saturated carbocycles. The second-order valence-corrected chi connectivity index (χ2v) is 6.04. The molecule has 108 valence electrons. The molecule has 2 N–H and O–H groups in total. The Labute approximate surface area is 126 Å². The van der Waals surface area contributed by atoms with Crippen LogP contribution in [-0.2, 0) is 13.0 Å². The number of nitrogens with one attached hydrogen (secondary N) is 2. The Morgan fingerprint density at radius 2 is 2.24 bits per heavy atom. The van der Waals surface area contributed by atoms with Gasteiger partial charge in [-0.25, -0.2) is 4.98 Å². The summed E-state index contributed by atoms with van der Waals surface area (Å²) in [5.41, 5.74) is 1.78. The number of hydrogen-bond donors (Lipinski definition) is 2. The largest absolute Gasteiger partial charge is 0.312 e. The number of hydrogen-bond acceptors (Lipinski definition) is 4. The molecule has 1 aromatic carbocycles. The van der Waals surface area contributed by atoms with Gasteiger partial charge in [0, 0.05) is 18.0 Å². The van der Waals surface area contributed by atoms with E-state index in [1.165, 1.54) is 4.88 Å². The third-order valence-electron chi connectivity index (χ3n) is 3.35. The van der Waals surface area contributed by atoms with Crippen LogP contribution in [0, 0.1) is 6.92 Å². The molecule has 21 heavy (non-hydrogen) atoms. The highest BCUT2D eigenvalue weighted by molar-refractivity contribution is 7.09. The maximum atomic E-state index is 11.9. The third kappa shape index (κ3) is 3.37. The lowest BCUT2D eigenvalue weighted by Crippen LogP contribution is -2.17. The second-order valence-electron chi connectivity index (χ2n) is 5.01. The van der Waals surface area contributed by atoms with Gasteiger partial charge in [-0.05, 0) is 42.5 Å². The predicted molar refractivity (Wildman–Crippen MR) is 86.8 cm³/mol. The third-order valence-corrected chi connectivity index (χ3v) is 4.28. The van der Waals surface area contributed by atoms with Gasteiger partial charge in [0.15, 0.2) is 0 Å². The molecule has 3 aromatic rings. The molecular weight excluding hydrogens is 282 g/mol. The summed E-state index contributed by atoms with van der Waals surface area (Å²) in [5.74, 6) is 0.648. The lowest BCUT2D eigenvalue weighted by molar-refractivity contribution is 0.691. The van der Waals surface area contributed by atoms with E-state index in [0.29, 0.717) is 11.2 Å². The van der Waals surface area contributed by atoms with Crippen LogP contribution >= 0.6 is 11.3 Å². The first-order valence-corrected chi connectivity index (χ1v) is 7.83. The van der Waals surface area contributed by atoms with E-state index in [0.717, 1.165) is 30.6 Å². The zero-order chi connectivity index (χ0) is 14.7. The number of benzene rings is 1. The lowest BCUT2D eigenvalue weighted by Gasteiger charge is -2.05. The van der Waals surface area contributed by atoms with Gasteiger partial charge >= 0.3 is 0 Å². The Morgan fingerprint density at radius 3 is 3.05 bits per heavy atom. The highest BCUT2D eigenvalue weighted by Crippen LogP contribution is 2.11. The second kappa shape index (κ2) is 6.20. The van der Waals surface area contributed by atoms with Gasteiger partial charge in [0.25, 0.3) is 5.56 Å². The maximum Gasteiger partial charge on any atom is 0.258 e. The number of aromatic amines is 1. The van der Waals surface area contributed by atoms with Crippen LogP contribution in [-0.4, -0.2) is 16.5 Å². The minimum Gasteiger partial charge on any atom is -0.312 e. The highest BCUT2D eigenvalue weighted by Gasteiger charge is 2.03. The first-order valence-electron chi connectivity index (χ1n) is 6.95. The number of aryl methyl sites for hydroxylation is 1. The van der Waals surface area contributed by atoms with E-state index in [9.17, 15) is 4.79 Å². The molecule has 0 atom stereocenters. The highest BCUT2D eigenvalue weighted by atomic mass is 32.1. The molecule has 0 aliphatic heterocycles. The van der Waals surface area contributed by atoms with Gasteiger partial charge in [-0.3, -0.25) is 4.79 Å². The minimum absolute atomic E-state index is 0.0714. The fourth-order valence-corrected chi connectivity index (χ4v) is 3.02. The van der Waals surface area contributed by atoms with Gasteiger partial charge in [-0.2, -0.15) is 0 Å². The Morgan fingerprint density at radius 1 is 1.33 bits per heavy atom. The summed E-state index contributed by atoms with van der Waals surface area (Å²) in [7, 11) is 0. The van der Waals surface area contributed by atoms with Crippen molar-refractivity contribution in [2.75, 3.05) is 6.54 Å². The van der Waals surface area contributed by atoms with E-state index in [-0.39, 0.29) is 5.56 Å². The molecule has 0 unspecified atom stereocenters. The standard InChI is InChI=1S/C16H17N3OS/c1-11-18-15-5-4-12(9-14(15)16(20)19-11)10-17-7-6-13-3-2-8-21-13/h2-5,8-9,17H,6-7,10H2,1H3,(H,18,19,20). The zero-order valence-corrected chi connectivity index (χ0v) is 12.7. The molecule has 2 aromatic heterocycles. The molecule has 0 spiro atoms. The number of fused-ring (bicyclic) bond motifs is 1. The van der Waals surface area contributed by atoms with E-state index < -0.39 is 0 Å². The molecule has 0 radical (unpaired) electrons. The van der Waals surface area contributed by atoms with Gasteiger partial charge in [0.2, 0.25) is 0 Å². The van der Waals surface area contributed by atoms with Crippen molar-refractivity contribution in [1.82, 2.24) is 15.3 Å². The minimum atomic E-state index is -0.0714. The molecule has 0 aliphatic carbocycles. The molecule has 0 aliphatic rings. The van der Waals surface area contributed by atoms with E-state index in [2.05, 4.69) is 32.8 Å². The number of rotatable bonds is 5. The van der Waals surface area contributed by atoms with Crippen molar-refractivity contribution in [3.05, 3.63) is 62.3 Å². The topological polar surface area (TPSA) is 57.8 Å². The van der Waals surface area contributed by atoms with Crippen LogP contribution in [0.25, 0.3) is 10.9 Å². The molecule has 0 fully saturated rings. The summed E-state index contributed by atoms with van der Waals surface area (Å²) < 4.78 is 0. The van der Waals surface area contributed by atoms with Crippen LogP contribution in [0.3, 0.4) is 0 Å². The Kier molecular flexibility index (Phi) is 4.13. The summed E-state index contributed by atoms with van der Waals surface area (Å²) in [6.45, 7) is 3.48. The molecule has 0 saturated heterocycles. The fourth-order valence-electron chi connectivity index (χ4n) is 2.31. The number of nitrogens with zero attached hydrogens (tertiary/aromatic N) is 1. The van der Waals surface area contributed by atoms with Crippen molar-refractivity contribution in [2.24, 2.45) is 0 Å². The van der Waals surface area contributed by atoms with E-state index in [1.54, 1.807) is 18.3 Å². The SMILES string of the molecule is Cc1nc2ccc(CNCCc3cccs3)cc2c(=O)[nH]1. The molecule has 0 bridgehead atoms. The van der Waals surface area contributed by atoms with Crippen LogP contribution in [0.4, 0.5) is 0 Å². The van der Waals surface area contributed by atoms with Crippen LogP contribution in [0.1, 0.15) is 16.3 Å². The molecule has 4 nitrogen and oxygen atoms in total. The summed E-state index contributed by atoms with van der Waals surface area (Å²) in [4.78, 5) is 20.4.